The molecule has 12 rings (SSSR count). The SMILES string of the molecule is CC1(C)O[C@@H]2[C@@H](O1)C(c1ccccc1)(c1ccccc1)OP(Oc1ccc(-c3ccc(C/C(C4=N[C@@H](c5ccccc5)CO4)=C4/N[C@@H](c5ccccc5)CO4)cc3)cc1)OC2(c1ccccc1)c1ccccc1. The molecule has 3 fully saturated rings. The molecule has 0 unspecified atom stereocenters. The van der Waals surface area contributed by atoms with Crippen LogP contribution in [0.1, 0.15) is 64.9 Å². The highest BCUT2D eigenvalue weighted by molar-refractivity contribution is 7.42. The molecule has 0 radical (unpaired) electrons. The van der Waals surface area contributed by atoms with Gasteiger partial charge in [-0.2, -0.15) is 0 Å². The summed E-state index contributed by atoms with van der Waals surface area (Å²) in [6.07, 6.45) is -0.851. The fourth-order valence-corrected chi connectivity index (χ4v) is 12.1. The highest BCUT2D eigenvalue weighted by Gasteiger charge is 2.67. The van der Waals surface area contributed by atoms with Crippen LogP contribution in [0.15, 0.2) is 247 Å². The van der Waals surface area contributed by atoms with Gasteiger partial charge >= 0.3 is 8.60 Å². The first kappa shape index (κ1) is 46.7. The number of nitrogens with one attached hydrogen (secondary N) is 1. The molecule has 4 heterocycles. The Labute approximate surface area is 428 Å². The van der Waals surface area contributed by atoms with Gasteiger partial charge in [-0.25, -0.2) is 4.99 Å². The van der Waals surface area contributed by atoms with Crippen LogP contribution in [-0.2, 0) is 45.6 Å². The molecule has 0 aromatic heterocycles. The van der Waals surface area contributed by atoms with Crippen molar-refractivity contribution < 1.29 is 32.5 Å². The Morgan fingerprint density at radius 2 is 0.959 bits per heavy atom. The maximum atomic E-state index is 7.55. The Balaban J connectivity index is 0.870. The monoisotopic (exact) mass is 982 g/mol. The van der Waals surface area contributed by atoms with E-state index in [4.69, 9.17) is 37.5 Å². The average molecular weight is 983 g/mol. The summed E-state index contributed by atoms with van der Waals surface area (Å²) in [7, 11) is -2.22. The molecule has 3 saturated heterocycles. The summed E-state index contributed by atoms with van der Waals surface area (Å²) in [6, 6.07) is 78.3. The van der Waals surface area contributed by atoms with Crippen LogP contribution < -0.4 is 9.84 Å². The van der Waals surface area contributed by atoms with E-state index in [0.717, 1.165) is 50.1 Å². The zero-order chi connectivity index (χ0) is 49.2. The molecule has 0 amide bonds. The van der Waals surface area contributed by atoms with Crippen molar-refractivity contribution in [3.05, 3.63) is 281 Å². The molecular weight excluding hydrogens is 928 g/mol. The van der Waals surface area contributed by atoms with Gasteiger partial charge in [0.2, 0.25) is 5.90 Å². The summed E-state index contributed by atoms with van der Waals surface area (Å²) in [6.45, 7) is 4.90. The Kier molecular flexibility index (Phi) is 12.7. The van der Waals surface area contributed by atoms with Gasteiger partial charge in [0.25, 0.3) is 0 Å². The van der Waals surface area contributed by atoms with Gasteiger partial charge in [0, 0.05) is 6.42 Å². The maximum Gasteiger partial charge on any atom is 0.399 e. The molecule has 9 nitrogen and oxygen atoms in total. The summed E-state index contributed by atoms with van der Waals surface area (Å²) in [5.41, 5.74) is 7.44. The van der Waals surface area contributed by atoms with Crippen LogP contribution in [0.4, 0.5) is 0 Å². The zero-order valence-corrected chi connectivity index (χ0v) is 41.5. The molecule has 10 heteroatoms. The van der Waals surface area contributed by atoms with Gasteiger partial charge in [0.1, 0.15) is 37.2 Å². The van der Waals surface area contributed by atoms with E-state index in [-0.39, 0.29) is 12.1 Å². The van der Waals surface area contributed by atoms with Crippen LogP contribution >= 0.6 is 8.60 Å². The van der Waals surface area contributed by atoms with Crippen LogP contribution in [0.25, 0.3) is 11.1 Å². The van der Waals surface area contributed by atoms with E-state index < -0.39 is 37.8 Å². The first-order valence-corrected chi connectivity index (χ1v) is 26.0. The van der Waals surface area contributed by atoms with Crippen molar-refractivity contribution >= 4 is 14.5 Å². The molecule has 364 valence electrons. The number of benzene rings is 8. The number of nitrogens with zero attached hydrogens (tertiary/aromatic N) is 1. The van der Waals surface area contributed by atoms with E-state index >= 15 is 0 Å². The Hall–Kier alpha value is -7.36. The normalized spacial score (nSPS) is 22.4. The largest absolute Gasteiger partial charge is 0.476 e. The second-order valence-corrected chi connectivity index (χ2v) is 20.2. The molecule has 0 bridgehead atoms. The van der Waals surface area contributed by atoms with E-state index in [1.807, 2.05) is 123 Å². The minimum absolute atomic E-state index is 0.0232. The molecule has 4 atom stereocenters. The smallest absolute Gasteiger partial charge is 0.399 e. The third-order valence-corrected chi connectivity index (χ3v) is 15.4. The van der Waals surface area contributed by atoms with Crippen LogP contribution in [-0.4, -0.2) is 37.1 Å². The van der Waals surface area contributed by atoms with Gasteiger partial charge in [-0.1, -0.05) is 218 Å². The molecule has 1 N–H and O–H groups in total. The standard InChI is InChI=1S/C63H55N2O7P/c1-61(2)68-57-58(69-61)63(51-29-17-7-18-30-51,52-31-19-8-20-32-52)72-73(71-62(57,49-25-13-5-14-26-49)50-27-15-6-16-28-50)70-53-39-37-46(38-40-53)45-35-33-44(34-36-45)41-54(59-64-55(42-66-59)47-21-9-3-10-22-47)60-65-56(43-67-60)48-23-11-4-12-24-48/h3-40,55-58,64H,41-43H2,1-2H3/b59-54+/t55-,56-,57-,58-/m1/s1. The number of hydrogen-bond acceptors (Lipinski definition) is 9. The van der Waals surface area contributed by atoms with E-state index in [1.54, 1.807) is 0 Å². The fourth-order valence-electron chi connectivity index (χ4n) is 10.6. The quantitative estimate of drug-likeness (QED) is 0.121. The van der Waals surface area contributed by atoms with E-state index in [2.05, 4.69) is 127 Å². The molecule has 0 saturated carbocycles. The van der Waals surface area contributed by atoms with Crippen molar-refractivity contribution in [3.63, 3.8) is 0 Å². The van der Waals surface area contributed by atoms with E-state index in [0.29, 0.717) is 37.2 Å². The number of rotatable bonds is 12. The lowest BCUT2D eigenvalue weighted by Gasteiger charge is -2.41. The molecule has 0 aliphatic carbocycles. The fraction of sp³-hybridized carbons (Fsp3) is 0.190. The van der Waals surface area contributed by atoms with Gasteiger partial charge in [-0.15, -0.1) is 0 Å². The Bertz CT molecular complexity index is 3020. The third-order valence-electron chi connectivity index (χ3n) is 14.1. The minimum Gasteiger partial charge on any atom is -0.476 e. The highest BCUT2D eigenvalue weighted by atomic mass is 31.2. The lowest BCUT2D eigenvalue weighted by molar-refractivity contribution is -0.175. The Morgan fingerprint density at radius 3 is 1.44 bits per heavy atom. The summed E-state index contributed by atoms with van der Waals surface area (Å²) >= 11 is 0. The number of aliphatic imine (C=N–C) groups is 1. The van der Waals surface area contributed by atoms with Gasteiger partial charge in [-0.05, 0) is 76.1 Å². The Morgan fingerprint density at radius 1 is 0.521 bits per heavy atom. The van der Waals surface area contributed by atoms with E-state index in [1.165, 1.54) is 5.56 Å². The van der Waals surface area contributed by atoms with Crippen molar-refractivity contribution in [1.29, 1.82) is 0 Å². The predicted molar refractivity (Wildman–Crippen MR) is 284 cm³/mol. The molecular formula is C63H55N2O7P. The molecule has 8 aromatic rings. The maximum absolute atomic E-state index is 7.55. The molecule has 0 spiro atoms. The number of hydrogen-bond donors (Lipinski definition) is 1. The van der Waals surface area contributed by atoms with Crippen LogP contribution in [0.2, 0.25) is 0 Å². The van der Waals surface area contributed by atoms with Gasteiger partial charge in [-0.3, -0.25) is 9.05 Å². The third kappa shape index (κ3) is 9.13. The van der Waals surface area contributed by atoms with Crippen molar-refractivity contribution in [2.24, 2.45) is 4.99 Å². The van der Waals surface area contributed by atoms with Crippen LogP contribution in [0.3, 0.4) is 0 Å². The second kappa shape index (κ2) is 19.9. The lowest BCUT2D eigenvalue weighted by Crippen LogP contribution is -2.53. The van der Waals surface area contributed by atoms with E-state index in [9.17, 15) is 0 Å². The van der Waals surface area contributed by atoms with Gasteiger partial charge in [0.15, 0.2) is 22.9 Å². The summed E-state index contributed by atoms with van der Waals surface area (Å²) in [5.74, 6) is 0.894. The van der Waals surface area contributed by atoms with Crippen molar-refractivity contribution in [2.45, 2.75) is 61.5 Å². The zero-order valence-electron chi connectivity index (χ0n) is 40.6. The highest BCUT2D eigenvalue weighted by Crippen LogP contribution is 2.65. The second-order valence-electron chi connectivity index (χ2n) is 19.2. The van der Waals surface area contributed by atoms with Crippen LogP contribution in [0, 0.1) is 0 Å². The van der Waals surface area contributed by atoms with Gasteiger partial charge < -0.3 is 28.8 Å². The molecule has 73 heavy (non-hydrogen) atoms. The number of ether oxygens (including phenoxy) is 4. The predicted octanol–water partition coefficient (Wildman–Crippen LogP) is 13.7. The van der Waals surface area contributed by atoms with Crippen molar-refractivity contribution in [3.8, 4) is 16.9 Å². The van der Waals surface area contributed by atoms with Gasteiger partial charge in [0.05, 0.1) is 11.6 Å². The molecule has 4 aliphatic heterocycles. The van der Waals surface area contributed by atoms with Crippen molar-refractivity contribution in [2.75, 3.05) is 13.2 Å². The topological polar surface area (TPSA) is 89.0 Å². The molecule has 4 aliphatic rings. The summed E-state index contributed by atoms with van der Waals surface area (Å²) in [5, 5.41) is 3.65. The minimum atomic E-state index is -2.22. The van der Waals surface area contributed by atoms with Crippen LogP contribution in [0.5, 0.6) is 5.75 Å². The first-order chi connectivity index (χ1) is 35.8. The number of fused-ring (bicyclic) bond motifs is 1. The van der Waals surface area contributed by atoms with Crippen molar-refractivity contribution in [1.82, 2.24) is 5.32 Å². The summed E-state index contributed by atoms with van der Waals surface area (Å²) in [4.78, 5) is 5.09. The first-order valence-electron chi connectivity index (χ1n) is 24.9. The lowest BCUT2D eigenvalue weighted by atomic mass is 9.72. The summed E-state index contributed by atoms with van der Waals surface area (Å²) < 4.78 is 49.2. The molecule has 8 aromatic carbocycles. The average Bonchev–Trinajstić information content (AvgIpc) is 4.22.